The van der Waals surface area contributed by atoms with Gasteiger partial charge in [-0.3, -0.25) is 0 Å². The van der Waals surface area contributed by atoms with Gasteiger partial charge >= 0.3 is 0 Å². The molecule has 0 fully saturated rings. The number of hydrogen-bond donors (Lipinski definition) is 0. The summed E-state index contributed by atoms with van der Waals surface area (Å²) < 4.78 is 0. The smallest absolute Gasteiger partial charge is 0.0157 e. The van der Waals surface area contributed by atoms with Gasteiger partial charge in [-0.25, -0.2) is 0 Å². The molecule has 2 rings (SSSR count). The van der Waals surface area contributed by atoms with Gasteiger partial charge in [0.2, 0.25) is 0 Å². The number of benzene rings is 2. The van der Waals surface area contributed by atoms with Crippen molar-refractivity contribution in [3.8, 4) is 0 Å². The molecular weight excluding hydrogens is 408 g/mol. The van der Waals surface area contributed by atoms with Gasteiger partial charge in [-0.1, -0.05) is 53.3 Å². The van der Waals surface area contributed by atoms with E-state index in [1.54, 1.807) is 0 Å². The van der Waals surface area contributed by atoms with E-state index in [0.29, 0.717) is 0 Å². The molecule has 0 saturated heterocycles. The molecule has 0 saturated carbocycles. The maximum Gasteiger partial charge on any atom is 0.0157 e. The fourth-order valence-electron chi connectivity index (χ4n) is 3.39. The van der Waals surface area contributed by atoms with Gasteiger partial charge in [-0.2, -0.15) is 0 Å². The highest BCUT2D eigenvalue weighted by Gasteiger charge is 2.14. The lowest BCUT2D eigenvalue weighted by atomic mass is 10.1. The highest BCUT2D eigenvalue weighted by Crippen LogP contribution is 2.40. The molecule has 2 aromatic rings. The van der Waals surface area contributed by atoms with Crippen LogP contribution in [0.4, 0.5) is 0 Å². The lowest BCUT2D eigenvalue weighted by molar-refractivity contribution is 0.988. The van der Waals surface area contributed by atoms with Crippen LogP contribution in [0.15, 0.2) is 43.8 Å². The zero-order valence-electron chi connectivity index (χ0n) is 19.2. The topological polar surface area (TPSA) is 0 Å². The molecular formula is C26H38S3. The molecule has 3 heteroatoms. The molecule has 0 nitrogen and oxygen atoms in total. The average Bonchev–Trinajstić information content (AvgIpc) is 2.76. The van der Waals surface area contributed by atoms with Crippen LogP contribution in [-0.4, -0.2) is 11.5 Å². The second-order valence-electron chi connectivity index (χ2n) is 7.35. The van der Waals surface area contributed by atoms with Crippen molar-refractivity contribution in [1.29, 1.82) is 0 Å². The van der Waals surface area contributed by atoms with E-state index in [-0.39, 0.29) is 0 Å². The summed E-state index contributed by atoms with van der Waals surface area (Å²) in [6.07, 6.45) is 6.87. The number of thioether (sulfide) groups is 2. The van der Waals surface area contributed by atoms with Crippen LogP contribution in [0, 0.1) is 0 Å². The van der Waals surface area contributed by atoms with Crippen LogP contribution >= 0.6 is 35.3 Å². The van der Waals surface area contributed by atoms with Crippen LogP contribution in [0.1, 0.15) is 76.6 Å². The normalized spacial score (nSPS) is 11.2. The molecule has 0 aliphatic heterocycles. The van der Waals surface area contributed by atoms with Crippen molar-refractivity contribution < 1.29 is 0 Å². The second kappa shape index (κ2) is 13.0. The Balaban J connectivity index is 2.43. The van der Waals surface area contributed by atoms with E-state index in [0.717, 1.165) is 25.7 Å². The van der Waals surface area contributed by atoms with Crippen molar-refractivity contribution >= 4 is 35.3 Å². The molecule has 0 unspecified atom stereocenters. The fourth-order valence-corrected chi connectivity index (χ4v) is 6.78. The predicted octanol–water partition coefficient (Wildman–Crippen LogP) is 9.09. The summed E-state index contributed by atoms with van der Waals surface area (Å²) in [6, 6.07) is 9.90. The Labute approximate surface area is 192 Å². The zero-order valence-corrected chi connectivity index (χ0v) is 21.6. The van der Waals surface area contributed by atoms with Crippen LogP contribution in [0.3, 0.4) is 0 Å². The van der Waals surface area contributed by atoms with E-state index >= 15 is 0 Å². The lowest BCUT2D eigenvalue weighted by Gasteiger charge is -2.18. The minimum absolute atomic E-state index is 1.10. The van der Waals surface area contributed by atoms with E-state index in [4.69, 9.17) is 0 Å². The third kappa shape index (κ3) is 6.74. The number of aryl methyl sites for hydroxylation is 4. The van der Waals surface area contributed by atoms with Gasteiger partial charge < -0.3 is 0 Å². The Morgan fingerprint density at radius 2 is 0.793 bits per heavy atom. The minimum Gasteiger partial charge on any atom is -0.126 e. The van der Waals surface area contributed by atoms with E-state index in [2.05, 4.69) is 65.8 Å². The highest BCUT2D eigenvalue weighted by molar-refractivity contribution is 8.00. The van der Waals surface area contributed by atoms with E-state index in [9.17, 15) is 0 Å². The molecule has 0 bridgehead atoms. The Kier molecular flexibility index (Phi) is 11.1. The molecule has 0 aromatic heterocycles. The molecule has 2 aromatic carbocycles. The Bertz CT molecular complexity index is 715. The Morgan fingerprint density at radius 3 is 1.10 bits per heavy atom. The predicted molar refractivity (Wildman–Crippen MR) is 137 cm³/mol. The summed E-state index contributed by atoms with van der Waals surface area (Å²) in [4.78, 5) is 5.89. The van der Waals surface area contributed by atoms with Gasteiger partial charge in [0.25, 0.3) is 0 Å². The van der Waals surface area contributed by atoms with E-state index < -0.39 is 0 Å². The van der Waals surface area contributed by atoms with E-state index in [1.165, 1.54) is 66.2 Å². The number of rotatable bonds is 12. The Hall–Kier alpha value is -0.510. The van der Waals surface area contributed by atoms with E-state index in [1.807, 2.05) is 35.3 Å². The highest BCUT2D eigenvalue weighted by atomic mass is 32.2. The monoisotopic (exact) mass is 446 g/mol. The van der Waals surface area contributed by atoms with Crippen molar-refractivity contribution in [2.24, 2.45) is 0 Å². The maximum atomic E-state index is 2.48. The molecule has 0 aliphatic rings. The summed E-state index contributed by atoms with van der Waals surface area (Å²) in [5.41, 5.74) is 6.00. The summed E-state index contributed by atoms with van der Waals surface area (Å²) >= 11 is 6.05. The van der Waals surface area contributed by atoms with Crippen LogP contribution in [0.25, 0.3) is 0 Å². The van der Waals surface area contributed by atoms with Crippen molar-refractivity contribution in [2.75, 3.05) is 11.5 Å². The summed E-state index contributed by atoms with van der Waals surface area (Å²) in [6.45, 7) is 13.7. The van der Waals surface area contributed by atoms with Crippen molar-refractivity contribution in [3.05, 3.63) is 46.5 Å². The maximum absolute atomic E-state index is 2.48. The van der Waals surface area contributed by atoms with Gasteiger partial charge in [0.1, 0.15) is 0 Å². The molecule has 160 valence electrons. The molecule has 0 amide bonds. The van der Waals surface area contributed by atoms with Gasteiger partial charge in [0.15, 0.2) is 0 Å². The summed E-state index contributed by atoms with van der Waals surface area (Å²) in [5, 5.41) is 0. The third-order valence-corrected chi connectivity index (χ3v) is 8.96. The minimum atomic E-state index is 1.10. The van der Waals surface area contributed by atoms with Crippen molar-refractivity contribution in [2.45, 2.75) is 99.6 Å². The van der Waals surface area contributed by atoms with Crippen LogP contribution < -0.4 is 0 Å². The quantitative estimate of drug-likeness (QED) is 0.298. The SMILES string of the molecule is CCCSc1cc(CC)c(Sc2cc(CC)c(SCCC)cc2CC)cc1CC. The molecule has 0 radical (unpaired) electrons. The van der Waals surface area contributed by atoms with Crippen LogP contribution in [0.2, 0.25) is 0 Å². The average molecular weight is 447 g/mol. The number of hydrogen-bond acceptors (Lipinski definition) is 3. The van der Waals surface area contributed by atoms with Gasteiger partial charge in [-0.15, -0.1) is 23.5 Å². The standard InChI is InChI=1S/C26H38S3/c1-7-13-27-23-15-21(11-5)25(17-19(23)9-3)29-26-18-20(10-4)24(28-14-8-2)16-22(26)12-6/h15-18H,7-14H2,1-6H3. The summed E-state index contributed by atoms with van der Waals surface area (Å²) in [7, 11) is 0. The molecule has 0 atom stereocenters. The lowest BCUT2D eigenvalue weighted by Crippen LogP contribution is -1.97. The first-order valence-electron chi connectivity index (χ1n) is 11.4. The third-order valence-electron chi connectivity index (χ3n) is 5.15. The first-order valence-corrected chi connectivity index (χ1v) is 14.1. The molecule has 0 spiro atoms. The molecule has 29 heavy (non-hydrogen) atoms. The van der Waals surface area contributed by atoms with Gasteiger partial charge in [0, 0.05) is 19.6 Å². The van der Waals surface area contributed by atoms with Crippen LogP contribution in [0.5, 0.6) is 0 Å². The Morgan fingerprint density at radius 1 is 0.483 bits per heavy atom. The molecule has 0 heterocycles. The first kappa shape index (κ1) is 24.8. The molecule has 0 N–H and O–H groups in total. The second-order valence-corrected chi connectivity index (χ2v) is 10.7. The summed E-state index contributed by atoms with van der Waals surface area (Å²) in [5.74, 6) is 2.42. The van der Waals surface area contributed by atoms with Crippen molar-refractivity contribution in [1.82, 2.24) is 0 Å². The zero-order chi connectivity index (χ0) is 21.2. The van der Waals surface area contributed by atoms with Gasteiger partial charge in [-0.05, 0) is 96.5 Å². The largest absolute Gasteiger partial charge is 0.126 e. The van der Waals surface area contributed by atoms with Gasteiger partial charge in [0.05, 0.1) is 0 Å². The first-order chi connectivity index (χ1) is 14.1. The van der Waals surface area contributed by atoms with Crippen molar-refractivity contribution in [3.63, 3.8) is 0 Å². The fraction of sp³-hybridized carbons (Fsp3) is 0.538. The van der Waals surface area contributed by atoms with Crippen LogP contribution in [-0.2, 0) is 25.7 Å². The molecule has 0 aliphatic carbocycles.